The van der Waals surface area contributed by atoms with E-state index in [1.807, 2.05) is 37.4 Å². The molecule has 0 atom stereocenters. The monoisotopic (exact) mass is 472 g/mol. The normalized spacial score (nSPS) is 14.6. The molecule has 0 aliphatic carbocycles. The highest BCUT2D eigenvalue weighted by Crippen LogP contribution is 2.27. The fourth-order valence-corrected chi connectivity index (χ4v) is 5.07. The third-order valence-electron chi connectivity index (χ3n) is 6.20. The van der Waals surface area contributed by atoms with E-state index < -0.39 is 0 Å². The van der Waals surface area contributed by atoms with Crippen molar-refractivity contribution in [3.05, 3.63) is 65.1 Å². The molecule has 34 heavy (non-hydrogen) atoms. The molecular formula is C26H28N6OS. The van der Waals surface area contributed by atoms with Gasteiger partial charge in [0.05, 0.1) is 6.42 Å². The quantitative estimate of drug-likeness (QED) is 0.369. The molecule has 0 saturated carbocycles. The molecule has 5 rings (SSSR count). The number of anilines is 1. The van der Waals surface area contributed by atoms with E-state index in [0.717, 1.165) is 70.6 Å². The number of benzene rings is 1. The number of ketones is 1. The lowest BCUT2D eigenvalue weighted by Crippen LogP contribution is -2.46. The topological polar surface area (TPSA) is 75.1 Å². The number of carbonyl (C=O) groups excluding carboxylic acids is 1. The number of piperazine rings is 1. The van der Waals surface area contributed by atoms with E-state index in [0.29, 0.717) is 5.56 Å². The number of carbonyl (C=O) groups is 1. The van der Waals surface area contributed by atoms with Crippen LogP contribution in [0.3, 0.4) is 0 Å². The average molecular weight is 473 g/mol. The maximum absolute atomic E-state index is 13.1. The van der Waals surface area contributed by atoms with E-state index in [4.69, 9.17) is 0 Å². The van der Waals surface area contributed by atoms with Gasteiger partial charge in [0.25, 0.3) is 0 Å². The molecule has 174 valence electrons. The van der Waals surface area contributed by atoms with Gasteiger partial charge in [-0.1, -0.05) is 30.4 Å². The van der Waals surface area contributed by atoms with Gasteiger partial charge in [-0.25, -0.2) is 4.98 Å². The number of nitrogens with zero attached hydrogens (tertiary/aromatic N) is 6. The van der Waals surface area contributed by atoms with Crippen LogP contribution in [0.5, 0.6) is 0 Å². The standard InChI is InChI=1S/C26H28N6OS/c1-3-8-31-9-11-32(12-10-31)25-15-19(6-7-27-25)24(33)16-23-14-22-13-20(4-5-21(22)17-28-23)26-30-29-18(2)34-26/h4-7,13-15,17H,3,8-12,16H2,1-2H3. The van der Waals surface area contributed by atoms with Crippen molar-refractivity contribution >= 4 is 33.7 Å². The number of fused-ring (bicyclic) bond motifs is 1. The van der Waals surface area contributed by atoms with Gasteiger partial charge in [0.2, 0.25) is 0 Å². The van der Waals surface area contributed by atoms with Gasteiger partial charge < -0.3 is 4.90 Å². The summed E-state index contributed by atoms with van der Waals surface area (Å²) in [6, 6.07) is 11.9. The van der Waals surface area contributed by atoms with Crippen LogP contribution in [-0.4, -0.2) is 63.6 Å². The van der Waals surface area contributed by atoms with Crippen LogP contribution in [0.25, 0.3) is 21.3 Å². The first kappa shape index (κ1) is 22.6. The molecule has 7 nitrogen and oxygen atoms in total. The van der Waals surface area contributed by atoms with E-state index in [-0.39, 0.29) is 12.2 Å². The van der Waals surface area contributed by atoms with Gasteiger partial charge in [-0.15, -0.1) is 10.2 Å². The SMILES string of the molecule is CCCN1CCN(c2cc(C(=O)Cc3cc4cc(-c5nnc(C)s5)ccc4cn3)ccn2)CC1. The Morgan fingerprint density at radius 2 is 1.85 bits per heavy atom. The molecule has 1 saturated heterocycles. The Morgan fingerprint density at radius 1 is 1.00 bits per heavy atom. The molecule has 3 aromatic heterocycles. The summed E-state index contributed by atoms with van der Waals surface area (Å²) in [6.07, 6.45) is 5.01. The van der Waals surface area contributed by atoms with Gasteiger partial charge in [0, 0.05) is 60.8 Å². The predicted octanol–water partition coefficient (Wildman–Crippen LogP) is 4.41. The second-order valence-corrected chi connectivity index (χ2v) is 9.88. The Morgan fingerprint density at radius 3 is 2.62 bits per heavy atom. The van der Waals surface area contributed by atoms with Gasteiger partial charge >= 0.3 is 0 Å². The maximum Gasteiger partial charge on any atom is 0.169 e. The van der Waals surface area contributed by atoms with Gasteiger partial charge in [-0.05, 0) is 49.5 Å². The lowest BCUT2D eigenvalue weighted by molar-refractivity contribution is 0.0992. The van der Waals surface area contributed by atoms with Crippen molar-refractivity contribution < 1.29 is 4.79 Å². The van der Waals surface area contributed by atoms with Crippen molar-refractivity contribution in [2.24, 2.45) is 0 Å². The molecule has 0 radical (unpaired) electrons. The molecule has 4 aromatic rings. The van der Waals surface area contributed by atoms with Crippen molar-refractivity contribution in [3.8, 4) is 10.6 Å². The molecule has 1 aliphatic rings. The molecule has 1 aromatic carbocycles. The van der Waals surface area contributed by atoms with Crippen LogP contribution in [0.2, 0.25) is 0 Å². The van der Waals surface area contributed by atoms with Crippen molar-refractivity contribution in [1.29, 1.82) is 0 Å². The fraction of sp³-hybridized carbons (Fsp3) is 0.346. The summed E-state index contributed by atoms with van der Waals surface area (Å²) in [4.78, 5) is 26.9. The highest BCUT2D eigenvalue weighted by Gasteiger charge is 2.19. The van der Waals surface area contributed by atoms with Crippen molar-refractivity contribution in [2.75, 3.05) is 37.6 Å². The summed E-state index contributed by atoms with van der Waals surface area (Å²) >= 11 is 1.57. The molecule has 1 fully saturated rings. The van der Waals surface area contributed by atoms with Crippen LogP contribution in [0.4, 0.5) is 5.82 Å². The Hall–Kier alpha value is -3.23. The van der Waals surface area contributed by atoms with E-state index in [1.165, 1.54) is 6.42 Å². The molecule has 1 aliphatic heterocycles. The number of hydrogen-bond acceptors (Lipinski definition) is 8. The number of aryl methyl sites for hydroxylation is 1. The first-order chi connectivity index (χ1) is 16.6. The lowest BCUT2D eigenvalue weighted by Gasteiger charge is -2.35. The molecule has 4 heterocycles. The largest absolute Gasteiger partial charge is 0.354 e. The zero-order chi connectivity index (χ0) is 23.5. The van der Waals surface area contributed by atoms with E-state index in [2.05, 4.69) is 43.0 Å². The molecule has 0 bridgehead atoms. The second-order valence-electron chi connectivity index (χ2n) is 8.70. The van der Waals surface area contributed by atoms with Crippen LogP contribution in [0.15, 0.2) is 48.8 Å². The summed E-state index contributed by atoms with van der Waals surface area (Å²) in [6.45, 7) is 9.25. The minimum atomic E-state index is 0.0519. The zero-order valence-electron chi connectivity index (χ0n) is 19.6. The first-order valence-electron chi connectivity index (χ1n) is 11.7. The molecule has 0 unspecified atom stereocenters. The average Bonchev–Trinajstić information content (AvgIpc) is 3.30. The van der Waals surface area contributed by atoms with Crippen molar-refractivity contribution in [3.63, 3.8) is 0 Å². The molecule has 0 N–H and O–H groups in total. The Kier molecular flexibility index (Phi) is 6.60. The van der Waals surface area contributed by atoms with Gasteiger partial charge in [-0.2, -0.15) is 0 Å². The highest BCUT2D eigenvalue weighted by molar-refractivity contribution is 7.14. The summed E-state index contributed by atoms with van der Waals surface area (Å²) in [5.41, 5.74) is 2.47. The maximum atomic E-state index is 13.1. The fourth-order valence-electron chi connectivity index (χ4n) is 4.38. The Bertz CT molecular complexity index is 1310. The summed E-state index contributed by atoms with van der Waals surface area (Å²) < 4.78 is 0. The number of hydrogen-bond donors (Lipinski definition) is 0. The van der Waals surface area contributed by atoms with E-state index in [1.54, 1.807) is 23.6 Å². The predicted molar refractivity (Wildman–Crippen MR) is 137 cm³/mol. The molecule has 0 spiro atoms. The van der Waals surface area contributed by atoms with Gasteiger partial charge in [0.15, 0.2) is 5.78 Å². The summed E-state index contributed by atoms with van der Waals surface area (Å²) in [7, 11) is 0. The highest BCUT2D eigenvalue weighted by atomic mass is 32.1. The number of Topliss-reactive ketones (excluding diaryl/α,β-unsaturated/α-hetero) is 1. The Balaban J connectivity index is 1.31. The van der Waals surface area contributed by atoms with Crippen LogP contribution >= 0.6 is 11.3 Å². The summed E-state index contributed by atoms with van der Waals surface area (Å²) in [5.74, 6) is 0.932. The van der Waals surface area contributed by atoms with E-state index >= 15 is 0 Å². The van der Waals surface area contributed by atoms with Crippen molar-refractivity contribution in [2.45, 2.75) is 26.7 Å². The van der Waals surface area contributed by atoms with Crippen LogP contribution in [0.1, 0.15) is 34.4 Å². The second kappa shape index (κ2) is 9.95. The minimum Gasteiger partial charge on any atom is -0.354 e. The number of pyridine rings is 2. The van der Waals surface area contributed by atoms with Crippen LogP contribution < -0.4 is 4.90 Å². The zero-order valence-corrected chi connectivity index (χ0v) is 20.4. The van der Waals surface area contributed by atoms with Crippen molar-refractivity contribution in [1.82, 2.24) is 25.1 Å². The number of rotatable bonds is 7. The summed E-state index contributed by atoms with van der Waals surface area (Å²) in [5, 5.41) is 12.3. The Labute approximate surface area is 203 Å². The third kappa shape index (κ3) is 4.98. The molecule has 0 amide bonds. The number of aromatic nitrogens is 4. The molecule has 8 heteroatoms. The van der Waals surface area contributed by atoms with E-state index in [9.17, 15) is 4.79 Å². The minimum absolute atomic E-state index is 0.0519. The lowest BCUT2D eigenvalue weighted by atomic mass is 10.0. The van der Waals surface area contributed by atoms with Crippen LogP contribution in [-0.2, 0) is 6.42 Å². The first-order valence-corrected chi connectivity index (χ1v) is 12.6. The van der Waals surface area contributed by atoms with Gasteiger partial charge in [-0.3, -0.25) is 14.7 Å². The smallest absolute Gasteiger partial charge is 0.169 e. The van der Waals surface area contributed by atoms with Gasteiger partial charge in [0.1, 0.15) is 15.8 Å². The third-order valence-corrected chi connectivity index (χ3v) is 7.08. The molecular weight excluding hydrogens is 444 g/mol. The van der Waals surface area contributed by atoms with Crippen LogP contribution in [0, 0.1) is 6.92 Å².